The molecule has 1 heterocycles. The number of hydrogen-bond donors (Lipinski definition) is 5. The van der Waals surface area contributed by atoms with Crippen molar-refractivity contribution in [2.24, 2.45) is 0 Å². The molecule has 142 heavy (non-hydrogen) atoms. The van der Waals surface area contributed by atoms with Gasteiger partial charge < -0.3 is 35.0 Å². The maximum Gasteiger partial charge on any atom is 0.335 e. The van der Waals surface area contributed by atoms with E-state index in [1.165, 1.54) is 185 Å². The van der Waals surface area contributed by atoms with Gasteiger partial charge in [-0.15, -0.1) is 0 Å². The Balaban J connectivity index is 0.000000159. The topological polar surface area (TPSA) is 392 Å². The monoisotopic (exact) mass is 2020 g/mol. The second kappa shape index (κ2) is 48.5. The SMILES string of the molecule is COc1ccc(CN(Cc2ccc(C(=O)O)cc2)S(=O)(=O)c2ccccc2)cc1.COc1ccc2c(c1)-c1ccccc1CN(S(=O)(=O)c1ccc(C(=O)O)cc1)C2.O=C(O)c1ccc(CN(Cc2ccc(F)cc2)S(=O)(=O)c2ccccc2)cc1.O=C(O)c1ccc(CN(Cc2cccc(F)c2)S(=O)(=O)c2ccccc2)cc1.O=C(O)c1ccc(CN(Cc2ccccc2F)S(=O)(=O)c2ccccc2)cc1. The molecule has 0 aromatic heterocycles. The predicted octanol–water partition coefficient (Wildman–Crippen LogP) is 19.3. The molecular formula is C107H94F3N5O22S5. The van der Waals surface area contributed by atoms with Gasteiger partial charge in [-0.05, 0) is 237 Å². The minimum absolute atomic E-state index is 0.0182. The largest absolute Gasteiger partial charge is 0.497 e. The van der Waals surface area contributed by atoms with Crippen LogP contribution in [0.3, 0.4) is 0 Å². The zero-order valence-corrected chi connectivity index (χ0v) is 80.1. The third-order valence-corrected chi connectivity index (χ3v) is 31.2. The summed E-state index contributed by atoms with van der Waals surface area (Å²) in [6, 6.07) is 99.6. The number of aromatic carboxylic acids is 5. The molecule has 0 bridgehead atoms. The number of sulfonamides is 5. The highest BCUT2D eigenvalue weighted by Crippen LogP contribution is 2.38. The fraction of sp³-hybridized carbons (Fsp3) is 0.112. The Morgan fingerprint density at radius 2 is 0.556 bits per heavy atom. The van der Waals surface area contributed by atoms with Crippen LogP contribution in [-0.2, 0) is 116 Å². The molecule has 730 valence electrons. The predicted molar refractivity (Wildman–Crippen MR) is 526 cm³/mol. The first-order valence-corrected chi connectivity index (χ1v) is 50.5. The highest BCUT2D eigenvalue weighted by Gasteiger charge is 2.33. The van der Waals surface area contributed by atoms with Gasteiger partial charge in [-0.2, -0.15) is 21.5 Å². The lowest BCUT2D eigenvalue weighted by molar-refractivity contribution is 0.0686. The quantitative estimate of drug-likeness (QED) is 0.0255. The summed E-state index contributed by atoms with van der Waals surface area (Å²) in [6.07, 6.45) is 0. The lowest BCUT2D eigenvalue weighted by Crippen LogP contribution is -2.30. The van der Waals surface area contributed by atoms with Crippen molar-refractivity contribution >= 4 is 80.0 Å². The van der Waals surface area contributed by atoms with Gasteiger partial charge in [-0.3, -0.25) is 0 Å². The second-order valence-corrected chi connectivity index (χ2v) is 41.5. The van der Waals surface area contributed by atoms with Gasteiger partial charge in [0.2, 0.25) is 50.1 Å². The zero-order chi connectivity index (χ0) is 102. The van der Waals surface area contributed by atoms with Gasteiger partial charge >= 0.3 is 29.8 Å². The lowest BCUT2D eigenvalue weighted by Gasteiger charge is -2.23. The number of ether oxygens (including phenoxy) is 2. The van der Waals surface area contributed by atoms with E-state index in [0.717, 1.165) is 27.8 Å². The Kier molecular flexibility index (Phi) is 36.0. The first-order chi connectivity index (χ1) is 67.9. The van der Waals surface area contributed by atoms with E-state index < -0.39 is 97.4 Å². The summed E-state index contributed by atoms with van der Waals surface area (Å²) in [5.41, 5.74) is 9.02. The maximum atomic E-state index is 14.1. The van der Waals surface area contributed by atoms with E-state index in [9.17, 15) is 79.2 Å². The van der Waals surface area contributed by atoms with Crippen molar-refractivity contribution in [1.29, 1.82) is 0 Å². The third-order valence-electron chi connectivity index (χ3n) is 22.2. The van der Waals surface area contributed by atoms with Gasteiger partial charge in [0.25, 0.3) is 0 Å². The first kappa shape index (κ1) is 105. The normalized spacial score (nSPS) is 12.0. The van der Waals surface area contributed by atoms with E-state index >= 15 is 0 Å². The molecule has 0 unspecified atom stereocenters. The van der Waals surface area contributed by atoms with Crippen LogP contribution in [0.4, 0.5) is 13.2 Å². The number of benzene rings is 15. The van der Waals surface area contributed by atoms with Crippen LogP contribution in [0.5, 0.6) is 11.5 Å². The Hall–Kier alpha value is -15.4. The molecule has 0 fully saturated rings. The second-order valence-electron chi connectivity index (χ2n) is 31.8. The Morgan fingerprint density at radius 3 is 0.894 bits per heavy atom. The molecule has 15 aromatic carbocycles. The van der Waals surface area contributed by atoms with Gasteiger partial charge in [-0.25, -0.2) is 79.2 Å². The van der Waals surface area contributed by atoms with Gasteiger partial charge in [0.05, 0.1) is 66.5 Å². The molecule has 5 N–H and O–H groups in total. The highest BCUT2D eigenvalue weighted by atomic mass is 32.2. The molecule has 1 aliphatic rings. The number of rotatable bonds is 33. The summed E-state index contributed by atoms with van der Waals surface area (Å²) in [6.45, 7) is 0.643. The van der Waals surface area contributed by atoms with Gasteiger partial charge in [0.1, 0.15) is 29.0 Å². The van der Waals surface area contributed by atoms with Crippen LogP contribution in [0.25, 0.3) is 11.1 Å². The van der Waals surface area contributed by atoms with E-state index in [1.807, 2.05) is 54.6 Å². The lowest BCUT2D eigenvalue weighted by atomic mass is 9.96. The average Bonchev–Trinajstić information content (AvgIpc) is 1.51. The third kappa shape index (κ3) is 28.2. The molecule has 1 aliphatic heterocycles. The summed E-state index contributed by atoms with van der Waals surface area (Å²) in [5.74, 6) is -5.22. The molecule has 27 nitrogen and oxygen atoms in total. The molecule has 0 aliphatic carbocycles. The first-order valence-electron chi connectivity index (χ1n) is 43.3. The van der Waals surface area contributed by atoms with E-state index in [0.29, 0.717) is 44.9 Å². The molecule has 15 aromatic rings. The minimum Gasteiger partial charge on any atom is -0.497 e. The van der Waals surface area contributed by atoms with Crippen LogP contribution in [0.2, 0.25) is 0 Å². The molecule has 0 radical (unpaired) electrons. The zero-order valence-electron chi connectivity index (χ0n) is 76.0. The van der Waals surface area contributed by atoms with Crippen molar-refractivity contribution in [2.45, 2.75) is 89.9 Å². The van der Waals surface area contributed by atoms with E-state index in [2.05, 4.69) is 0 Å². The molecule has 35 heteroatoms. The van der Waals surface area contributed by atoms with Crippen LogP contribution in [-0.4, -0.2) is 133 Å². The Labute approximate surface area is 820 Å². The fourth-order valence-corrected chi connectivity index (χ4v) is 21.7. The summed E-state index contributed by atoms with van der Waals surface area (Å²) in [7, 11) is -15.9. The summed E-state index contributed by atoms with van der Waals surface area (Å²) < 4.78 is 190. The molecule has 0 spiro atoms. The fourth-order valence-electron chi connectivity index (χ4n) is 14.6. The smallest absolute Gasteiger partial charge is 0.335 e. The Morgan fingerprint density at radius 1 is 0.268 bits per heavy atom. The molecule has 16 rings (SSSR count). The average molecular weight is 2020 g/mol. The van der Waals surface area contributed by atoms with Crippen molar-refractivity contribution in [2.75, 3.05) is 14.2 Å². The van der Waals surface area contributed by atoms with Crippen LogP contribution < -0.4 is 9.47 Å². The van der Waals surface area contributed by atoms with E-state index in [-0.39, 0.29) is 123 Å². The van der Waals surface area contributed by atoms with Crippen molar-refractivity contribution in [1.82, 2.24) is 21.5 Å². The van der Waals surface area contributed by atoms with Gasteiger partial charge in [-0.1, -0.05) is 206 Å². The van der Waals surface area contributed by atoms with E-state index in [4.69, 9.17) is 35.0 Å². The molecular weight excluding hydrogens is 1920 g/mol. The van der Waals surface area contributed by atoms with Gasteiger partial charge in [0.15, 0.2) is 0 Å². The number of halogens is 3. The van der Waals surface area contributed by atoms with Crippen LogP contribution >= 0.6 is 0 Å². The van der Waals surface area contributed by atoms with Crippen LogP contribution in [0, 0.1) is 17.5 Å². The standard InChI is InChI=1S/C22H19NO5S.C22H21NO5S.3C21H18FNO4S/c1-28-18-9-6-17-14-23(13-16-4-2-3-5-20(16)21(17)12-18)29(26,27)19-10-7-15(8-11-19)22(24)25;1-28-20-13-9-18(10-14-20)16-23(29(26,27)21-5-3-2-4-6-21)15-17-7-11-19(12-8-17)22(24)25;22-19-6-4-5-17(13-19)15-23(28(26,27)20-7-2-1-3-8-20)14-16-9-11-18(12-10-16)21(24)25;22-20-9-5-4-6-18(20)15-23(28(26,27)19-7-2-1-3-8-19)14-16-10-12-17(13-11-16)21(24)25;22-19-12-8-17(9-13-19)15-23(28(26,27)20-4-2-1-3-5-20)14-16-6-10-18(11-7-16)21(24)25/h2-12H,13-14H2,1H3,(H,24,25);2-14H,15-16H2,1H3,(H,24,25);3*1-13H,14-15H2,(H,24,25). The Bertz CT molecular complexity index is 7520. The summed E-state index contributed by atoms with van der Waals surface area (Å²) in [4.78, 5) is 55.8. The number of hydrogen-bond acceptors (Lipinski definition) is 17. The molecule has 0 saturated heterocycles. The molecule has 0 amide bonds. The number of fused-ring (bicyclic) bond motifs is 3. The molecule has 0 saturated carbocycles. The number of carboxylic acid groups (broad SMARTS) is 5. The maximum absolute atomic E-state index is 14.1. The van der Waals surface area contributed by atoms with Crippen molar-refractivity contribution < 1.29 is 114 Å². The van der Waals surface area contributed by atoms with E-state index in [1.54, 1.807) is 178 Å². The minimum atomic E-state index is -3.89. The number of carbonyl (C=O) groups is 5. The number of nitrogens with zero attached hydrogens (tertiary/aromatic N) is 5. The van der Waals surface area contributed by atoms with Gasteiger partial charge in [0, 0.05) is 71.0 Å². The van der Waals surface area contributed by atoms with Crippen LogP contribution in [0.15, 0.2) is 407 Å². The van der Waals surface area contributed by atoms with Crippen molar-refractivity contribution in [3.63, 3.8) is 0 Å². The molecule has 0 atom stereocenters. The van der Waals surface area contributed by atoms with Crippen molar-refractivity contribution in [3.05, 3.63) is 483 Å². The number of carboxylic acids is 5. The van der Waals surface area contributed by atoms with Crippen molar-refractivity contribution in [3.8, 4) is 22.6 Å². The highest BCUT2D eigenvalue weighted by molar-refractivity contribution is 7.90. The number of methoxy groups -OCH3 is 2. The van der Waals surface area contributed by atoms with Crippen LogP contribution in [0.1, 0.15) is 107 Å². The summed E-state index contributed by atoms with van der Waals surface area (Å²) >= 11 is 0. The summed E-state index contributed by atoms with van der Waals surface area (Å²) in [5, 5.41) is 45.2.